The molecule has 0 atom stereocenters. The standard InChI is InChI=1S/C19H20ClN5/c1-3-25(15-7-5-4-6-8-15)19-17(21)18(22-12-23-19)24-14-10-9-13(2)16(20)11-14/h4-12H,3,21H2,1-2H3,(H,22,23,24). The van der Waals surface area contributed by atoms with Crippen molar-refractivity contribution in [2.45, 2.75) is 13.8 Å². The van der Waals surface area contributed by atoms with Crippen molar-refractivity contribution in [3.05, 3.63) is 65.4 Å². The minimum Gasteiger partial charge on any atom is -0.393 e. The number of aromatic nitrogens is 2. The zero-order chi connectivity index (χ0) is 17.8. The fourth-order valence-electron chi connectivity index (χ4n) is 2.57. The Morgan fingerprint density at radius 2 is 1.88 bits per heavy atom. The number of hydrogen-bond acceptors (Lipinski definition) is 5. The first-order valence-corrected chi connectivity index (χ1v) is 8.44. The molecule has 128 valence electrons. The minimum absolute atomic E-state index is 0.491. The van der Waals surface area contributed by atoms with Crippen LogP contribution in [-0.2, 0) is 0 Å². The molecule has 0 aliphatic carbocycles. The molecule has 0 aliphatic rings. The number of halogens is 1. The summed E-state index contributed by atoms with van der Waals surface area (Å²) in [6.07, 6.45) is 1.51. The van der Waals surface area contributed by atoms with Crippen LogP contribution in [0.5, 0.6) is 0 Å². The van der Waals surface area contributed by atoms with E-state index in [-0.39, 0.29) is 0 Å². The number of benzene rings is 2. The summed E-state index contributed by atoms with van der Waals surface area (Å²) in [5.74, 6) is 1.23. The minimum atomic E-state index is 0.491. The molecule has 0 spiro atoms. The van der Waals surface area contributed by atoms with Gasteiger partial charge in [0.25, 0.3) is 0 Å². The third-order valence-electron chi connectivity index (χ3n) is 3.94. The first kappa shape index (κ1) is 17.0. The molecule has 1 aromatic heterocycles. The number of para-hydroxylation sites is 1. The van der Waals surface area contributed by atoms with Gasteiger partial charge in [0.1, 0.15) is 12.0 Å². The topological polar surface area (TPSA) is 67.1 Å². The van der Waals surface area contributed by atoms with E-state index in [2.05, 4.69) is 22.2 Å². The largest absolute Gasteiger partial charge is 0.393 e. The fourth-order valence-corrected chi connectivity index (χ4v) is 2.75. The highest BCUT2D eigenvalue weighted by Crippen LogP contribution is 2.33. The predicted molar refractivity (Wildman–Crippen MR) is 105 cm³/mol. The van der Waals surface area contributed by atoms with Gasteiger partial charge in [-0.2, -0.15) is 0 Å². The SMILES string of the molecule is CCN(c1ccccc1)c1ncnc(Nc2ccc(C)c(Cl)c2)c1N. The van der Waals surface area contributed by atoms with Crippen molar-refractivity contribution >= 4 is 40.3 Å². The molecular formula is C19H20ClN5. The molecule has 1 heterocycles. The first-order valence-electron chi connectivity index (χ1n) is 8.06. The van der Waals surface area contributed by atoms with Crippen molar-refractivity contribution in [2.75, 3.05) is 22.5 Å². The van der Waals surface area contributed by atoms with Gasteiger partial charge in [0, 0.05) is 22.9 Å². The zero-order valence-corrected chi connectivity index (χ0v) is 15.0. The lowest BCUT2D eigenvalue weighted by molar-refractivity contribution is 0.980. The summed E-state index contributed by atoms with van der Waals surface area (Å²) in [7, 11) is 0. The Hall–Kier alpha value is -2.79. The van der Waals surface area contributed by atoms with Gasteiger partial charge < -0.3 is 16.0 Å². The smallest absolute Gasteiger partial charge is 0.161 e. The van der Waals surface area contributed by atoms with Crippen molar-refractivity contribution in [1.29, 1.82) is 0 Å². The molecule has 0 aliphatic heterocycles. The number of nitrogens with one attached hydrogen (secondary N) is 1. The van der Waals surface area contributed by atoms with E-state index in [9.17, 15) is 0 Å². The Kier molecular flexibility index (Phi) is 5.05. The van der Waals surface area contributed by atoms with E-state index in [1.807, 2.05) is 60.4 Å². The van der Waals surface area contributed by atoms with Crippen LogP contribution in [0.15, 0.2) is 54.9 Å². The Labute approximate surface area is 152 Å². The van der Waals surface area contributed by atoms with Crippen LogP contribution in [0, 0.1) is 6.92 Å². The Bertz CT molecular complexity index is 867. The van der Waals surface area contributed by atoms with Gasteiger partial charge in [-0.15, -0.1) is 0 Å². The lowest BCUT2D eigenvalue weighted by Gasteiger charge is -2.24. The summed E-state index contributed by atoms with van der Waals surface area (Å²) in [5, 5.41) is 3.92. The highest BCUT2D eigenvalue weighted by molar-refractivity contribution is 6.31. The molecule has 2 aromatic carbocycles. The molecule has 3 N–H and O–H groups in total. The second-order valence-corrected chi connectivity index (χ2v) is 6.04. The average Bonchev–Trinajstić information content (AvgIpc) is 2.63. The van der Waals surface area contributed by atoms with Crippen molar-refractivity contribution in [1.82, 2.24) is 9.97 Å². The Morgan fingerprint density at radius 3 is 2.56 bits per heavy atom. The molecule has 0 saturated carbocycles. The molecule has 3 rings (SSSR count). The number of nitrogens with two attached hydrogens (primary N) is 1. The number of nitrogen functional groups attached to an aromatic ring is 1. The second kappa shape index (κ2) is 7.40. The molecule has 6 heteroatoms. The summed E-state index contributed by atoms with van der Waals surface area (Å²) in [6.45, 7) is 4.75. The van der Waals surface area contributed by atoms with E-state index in [1.165, 1.54) is 6.33 Å². The van der Waals surface area contributed by atoms with Crippen LogP contribution in [0.1, 0.15) is 12.5 Å². The molecular weight excluding hydrogens is 334 g/mol. The highest BCUT2D eigenvalue weighted by Gasteiger charge is 2.15. The lowest BCUT2D eigenvalue weighted by atomic mass is 10.2. The molecule has 3 aromatic rings. The van der Waals surface area contributed by atoms with Crippen LogP contribution in [0.2, 0.25) is 5.02 Å². The highest BCUT2D eigenvalue weighted by atomic mass is 35.5. The molecule has 0 bridgehead atoms. The van der Waals surface area contributed by atoms with Crippen molar-refractivity contribution in [3.63, 3.8) is 0 Å². The zero-order valence-electron chi connectivity index (χ0n) is 14.2. The quantitative estimate of drug-likeness (QED) is 0.681. The molecule has 0 amide bonds. The Morgan fingerprint density at radius 1 is 1.12 bits per heavy atom. The van der Waals surface area contributed by atoms with E-state index in [1.54, 1.807) is 0 Å². The number of anilines is 5. The van der Waals surface area contributed by atoms with Crippen molar-refractivity contribution in [2.24, 2.45) is 0 Å². The van der Waals surface area contributed by atoms with Gasteiger partial charge >= 0.3 is 0 Å². The maximum atomic E-state index is 6.35. The fraction of sp³-hybridized carbons (Fsp3) is 0.158. The van der Waals surface area contributed by atoms with Crippen LogP contribution in [0.4, 0.5) is 28.7 Å². The van der Waals surface area contributed by atoms with E-state index >= 15 is 0 Å². The normalized spacial score (nSPS) is 10.5. The molecule has 0 unspecified atom stereocenters. The number of nitrogens with zero attached hydrogens (tertiary/aromatic N) is 3. The van der Waals surface area contributed by atoms with Crippen LogP contribution in [-0.4, -0.2) is 16.5 Å². The number of rotatable bonds is 5. The molecule has 25 heavy (non-hydrogen) atoms. The maximum Gasteiger partial charge on any atom is 0.161 e. The summed E-state index contributed by atoms with van der Waals surface area (Å²) in [5.41, 5.74) is 9.72. The molecule has 0 fully saturated rings. The Balaban J connectivity index is 1.95. The third kappa shape index (κ3) is 3.67. The predicted octanol–water partition coefficient (Wildman–Crippen LogP) is 4.92. The van der Waals surface area contributed by atoms with Gasteiger partial charge in [-0.05, 0) is 43.7 Å². The van der Waals surface area contributed by atoms with Gasteiger partial charge in [0.2, 0.25) is 0 Å². The van der Waals surface area contributed by atoms with Crippen molar-refractivity contribution in [3.8, 4) is 0 Å². The van der Waals surface area contributed by atoms with Crippen LogP contribution >= 0.6 is 11.6 Å². The van der Waals surface area contributed by atoms with Gasteiger partial charge in [0.15, 0.2) is 11.6 Å². The van der Waals surface area contributed by atoms with Gasteiger partial charge in [-0.1, -0.05) is 35.9 Å². The van der Waals surface area contributed by atoms with E-state index in [0.717, 1.165) is 23.5 Å². The maximum absolute atomic E-state index is 6.35. The molecule has 0 saturated heterocycles. The second-order valence-electron chi connectivity index (χ2n) is 5.63. The monoisotopic (exact) mass is 353 g/mol. The van der Waals surface area contributed by atoms with Crippen LogP contribution in [0.3, 0.4) is 0 Å². The van der Waals surface area contributed by atoms with Crippen molar-refractivity contribution < 1.29 is 0 Å². The molecule has 5 nitrogen and oxygen atoms in total. The lowest BCUT2D eigenvalue weighted by Crippen LogP contribution is -2.19. The van der Waals surface area contributed by atoms with Gasteiger partial charge in [0.05, 0.1) is 0 Å². The summed E-state index contributed by atoms with van der Waals surface area (Å²) in [4.78, 5) is 10.7. The first-order chi connectivity index (χ1) is 12.1. The number of aryl methyl sites for hydroxylation is 1. The third-order valence-corrected chi connectivity index (χ3v) is 4.34. The van der Waals surface area contributed by atoms with E-state index in [0.29, 0.717) is 22.3 Å². The van der Waals surface area contributed by atoms with E-state index in [4.69, 9.17) is 17.3 Å². The summed E-state index contributed by atoms with van der Waals surface area (Å²) >= 11 is 6.19. The van der Waals surface area contributed by atoms with Gasteiger partial charge in [-0.25, -0.2) is 9.97 Å². The number of hydrogen-bond donors (Lipinski definition) is 2. The van der Waals surface area contributed by atoms with Gasteiger partial charge in [-0.3, -0.25) is 0 Å². The van der Waals surface area contributed by atoms with Crippen LogP contribution in [0.25, 0.3) is 0 Å². The van der Waals surface area contributed by atoms with Crippen LogP contribution < -0.4 is 16.0 Å². The average molecular weight is 354 g/mol. The van der Waals surface area contributed by atoms with E-state index < -0.39 is 0 Å². The summed E-state index contributed by atoms with van der Waals surface area (Å²) in [6, 6.07) is 15.8. The summed E-state index contributed by atoms with van der Waals surface area (Å²) < 4.78 is 0. The molecule has 0 radical (unpaired) electrons.